The predicted octanol–water partition coefficient (Wildman–Crippen LogP) is 2.89. The Morgan fingerprint density at radius 2 is 2.03 bits per heavy atom. The molecule has 1 fully saturated rings. The zero-order valence-corrected chi connectivity index (χ0v) is 20.0. The molecule has 1 aromatic heterocycles. The van der Waals surface area contributed by atoms with Crippen LogP contribution in [0.4, 0.5) is 0 Å². The molecule has 1 N–H and O–H groups in total. The van der Waals surface area contributed by atoms with Crippen LogP contribution in [-0.4, -0.2) is 43.7 Å². The molecule has 9 heteroatoms. The van der Waals surface area contributed by atoms with Crippen LogP contribution in [0, 0.1) is 12.8 Å². The maximum absolute atomic E-state index is 12.3. The molecule has 1 aliphatic heterocycles. The number of hydrogen-bond acceptors (Lipinski definition) is 6. The number of H-pyrrole nitrogens is 1. The fourth-order valence-corrected chi connectivity index (χ4v) is 4.11. The molecule has 30 heavy (non-hydrogen) atoms. The highest BCUT2D eigenvalue weighted by atomic mass is 28.4. The second kappa shape index (κ2) is 9.45. The van der Waals surface area contributed by atoms with E-state index in [1.54, 1.807) is 13.0 Å². The SMILES string of the molecule is COC(=O)/C=C\C[C@H]1C[C@H](n2cc(C)c(=O)[nH]c2=O)O[C@@H]1CO[Si](C)(C)C(C)(C)C. The highest BCUT2D eigenvalue weighted by molar-refractivity contribution is 6.74. The van der Waals surface area contributed by atoms with Crippen LogP contribution in [0.5, 0.6) is 0 Å². The average Bonchev–Trinajstić information content (AvgIpc) is 3.04. The minimum atomic E-state index is -1.97. The number of aromatic amines is 1. The summed E-state index contributed by atoms with van der Waals surface area (Å²) in [6.07, 6.45) is 5.13. The molecule has 168 valence electrons. The van der Waals surface area contributed by atoms with Crippen molar-refractivity contribution < 1.29 is 18.7 Å². The second-order valence-electron chi connectivity index (χ2n) is 9.34. The van der Waals surface area contributed by atoms with Crippen molar-refractivity contribution in [3.63, 3.8) is 0 Å². The quantitative estimate of drug-likeness (QED) is 0.399. The Morgan fingerprint density at radius 1 is 1.37 bits per heavy atom. The van der Waals surface area contributed by atoms with Crippen LogP contribution in [-0.2, 0) is 18.7 Å². The molecule has 0 saturated carbocycles. The summed E-state index contributed by atoms with van der Waals surface area (Å²) in [5.41, 5.74) is -0.448. The van der Waals surface area contributed by atoms with E-state index in [1.165, 1.54) is 23.9 Å². The van der Waals surface area contributed by atoms with E-state index in [2.05, 4.69) is 43.6 Å². The summed E-state index contributed by atoms with van der Waals surface area (Å²) in [6.45, 7) is 13.0. The lowest BCUT2D eigenvalue weighted by molar-refractivity contribution is -0.134. The summed E-state index contributed by atoms with van der Waals surface area (Å²) in [6, 6.07) is 0. The molecule has 0 aromatic carbocycles. The number of aromatic nitrogens is 2. The van der Waals surface area contributed by atoms with E-state index in [4.69, 9.17) is 9.16 Å². The van der Waals surface area contributed by atoms with E-state index < -0.39 is 31.8 Å². The number of methoxy groups -OCH3 is 1. The highest BCUT2D eigenvalue weighted by Gasteiger charge is 2.41. The number of carbonyl (C=O) groups is 1. The maximum Gasteiger partial charge on any atom is 0.330 e. The Hall–Kier alpha value is -1.97. The van der Waals surface area contributed by atoms with Gasteiger partial charge in [0.25, 0.3) is 5.56 Å². The van der Waals surface area contributed by atoms with Gasteiger partial charge in [-0.1, -0.05) is 26.8 Å². The number of hydrogen-bond donors (Lipinski definition) is 1. The summed E-state index contributed by atoms with van der Waals surface area (Å²) in [7, 11) is -0.638. The first-order valence-electron chi connectivity index (χ1n) is 10.2. The van der Waals surface area contributed by atoms with Gasteiger partial charge in [0.2, 0.25) is 0 Å². The van der Waals surface area contributed by atoms with E-state index in [1.807, 2.05) is 0 Å². The first-order valence-corrected chi connectivity index (χ1v) is 13.1. The van der Waals surface area contributed by atoms with E-state index in [-0.39, 0.29) is 17.1 Å². The third-order valence-electron chi connectivity index (χ3n) is 6.13. The number of rotatable bonds is 7. The Labute approximate surface area is 178 Å². The Kier molecular flexibility index (Phi) is 7.65. The molecule has 1 saturated heterocycles. The van der Waals surface area contributed by atoms with Crippen molar-refractivity contribution in [2.24, 2.45) is 5.92 Å². The molecule has 0 bridgehead atoms. The van der Waals surface area contributed by atoms with Crippen LogP contribution in [0.3, 0.4) is 0 Å². The normalized spacial score (nSPS) is 22.6. The van der Waals surface area contributed by atoms with Crippen molar-refractivity contribution in [3.8, 4) is 0 Å². The first kappa shape index (κ1) is 24.3. The van der Waals surface area contributed by atoms with Gasteiger partial charge in [0.1, 0.15) is 6.23 Å². The monoisotopic (exact) mass is 438 g/mol. The van der Waals surface area contributed by atoms with E-state index in [0.717, 1.165) is 0 Å². The van der Waals surface area contributed by atoms with Crippen LogP contribution in [0.25, 0.3) is 0 Å². The molecule has 2 rings (SSSR count). The van der Waals surface area contributed by atoms with Crippen molar-refractivity contribution in [1.82, 2.24) is 9.55 Å². The molecule has 0 spiro atoms. The Bertz CT molecular complexity index is 896. The summed E-state index contributed by atoms with van der Waals surface area (Å²) in [5.74, 6) is -0.355. The van der Waals surface area contributed by atoms with Crippen LogP contribution in [0.15, 0.2) is 27.9 Å². The Balaban J connectivity index is 2.22. The Morgan fingerprint density at radius 3 is 2.63 bits per heavy atom. The largest absolute Gasteiger partial charge is 0.466 e. The third kappa shape index (κ3) is 5.80. The van der Waals surface area contributed by atoms with Gasteiger partial charge in [-0.3, -0.25) is 14.3 Å². The zero-order valence-electron chi connectivity index (χ0n) is 19.0. The lowest BCUT2D eigenvalue weighted by atomic mass is 9.97. The van der Waals surface area contributed by atoms with Gasteiger partial charge >= 0.3 is 11.7 Å². The van der Waals surface area contributed by atoms with Crippen LogP contribution >= 0.6 is 0 Å². The topological polar surface area (TPSA) is 99.6 Å². The number of ether oxygens (including phenoxy) is 2. The molecule has 8 nitrogen and oxygen atoms in total. The first-order chi connectivity index (χ1) is 13.9. The maximum atomic E-state index is 12.3. The van der Waals surface area contributed by atoms with Gasteiger partial charge in [0, 0.05) is 17.8 Å². The molecular formula is C21H34N2O6Si. The summed E-state index contributed by atoms with van der Waals surface area (Å²) in [5, 5.41) is 0.0677. The van der Waals surface area contributed by atoms with E-state index >= 15 is 0 Å². The molecule has 0 radical (unpaired) electrons. The van der Waals surface area contributed by atoms with Crippen molar-refractivity contribution in [2.75, 3.05) is 13.7 Å². The lowest BCUT2D eigenvalue weighted by Gasteiger charge is -2.37. The van der Waals surface area contributed by atoms with Crippen LogP contribution in [0.2, 0.25) is 18.1 Å². The van der Waals surface area contributed by atoms with E-state index in [9.17, 15) is 14.4 Å². The van der Waals surface area contributed by atoms with Gasteiger partial charge in [0.15, 0.2) is 8.32 Å². The third-order valence-corrected chi connectivity index (χ3v) is 10.6. The molecule has 0 amide bonds. The van der Waals surface area contributed by atoms with Crippen molar-refractivity contribution >= 4 is 14.3 Å². The fraction of sp³-hybridized carbons (Fsp3) is 0.667. The second-order valence-corrected chi connectivity index (χ2v) is 14.1. The van der Waals surface area contributed by atoms with Gasteiger partial charge in [-0.25, -0.2) is 9.59 Å². The van der Waals surface area contributed by atoms with Gasteiger partial charge < -0.3 is 13.9 Å². The molecular weight excluding hydrogens is 404 g/mol. The van der Waals surface area contributed by atoms with Gasteiger partial charge in [-0.05, 0) is 43.8 Å². The van der Waals surface area contributed by atoms with Crippen molar-refractivity contribution in [1.29, 1.82) is 0 Å². The van der Waals surface area contributed by atoms with E-state index in [0.29, 0.717) is 25.0 Å². The smallest absolute Gasteiger partial charge is 0.330 e. The zero-order chi connectivity index (χ0) is 22.7. The standard InChI is InChI=1S/C21H34N2O6Si/c1-14-12-23(20(26)22-19(14)25)17-11-15(9-8-10-18(24)27-5)16(29-17)13-28-30(6,7)21(2,3)4/h8,10,12,15-17H,9,11,13H2,1-7H3,(H,22,25,26)/b10-8-/t15-,16+,17+/m0/s1. The molecule has 2 heterocycles. The van der Waals surface area contributed by atoms with Gasteiger partial charge in [0.05, 0.1) is 19.8 Å². The lowest BCUT2D eigenvalue weighted by Crippen LogP contribution is -2.43. The number of carbonyl (C=O) groups excluding carboxylic acids is 1. The van der Waals surface area contributed by atoms with Crippen LogP contribution in [0.1, 0.15) is 45.4 Å². The van der Waals surface area contributed by atoms with Gasteiger partial charge in [-0.2, -0.15) is 0 Å². The average molecular weight is 439 g/mol. The van der Waals surface area contributed by atoms with Gasteiger partial charge in [-0.15, -0.1) is 0 Å². The number of aryl methyl sites for hydroxylation is 1. The molecule has 0 unspecified atom stereocenters. The summed E-state index contributed by atoms with van der Waals surface area (Å²) >= 11 is 0. The molecule has 1 aliphatic rings. The molecule has 0 aliphatic carbocycles. The summed E-state index contributed by atoms with van der Waals surface area (Å²) < 4.78 is 18.7. The predicted molar refractivity (Wildman–Crippen MR) is 117 cm³/mol. The number of nitrogens with zero attached hydrogens (tertiary/aromatic N) is 1. The van der Waals surface area contributed by atoms with Crippen molar-refractivity contribution in [2.45, 2.75) is 71.0 Å². The minimum Gasteiger partial charge on any atom is -0.466 e. The number of esters is 1. The molecule has 1 aromatic rings. The number of allylic oxidation sites excluding steroid dienone is 1. The summed E-state index contributed by atoms with van der Waals surface area (Å²) in [4.78, 5) is 37.7. The fourth-order valence-electron chi connectivity index (χ4n) is 3.10. The van der Waals surface area contributed by atoms with Crippen molar-refractivity contribution in [3.05, 3.63) is 44.8 Å². The molecule has 3 atom stereocenters. The van der Waals surface area contributed by atoms with Crippen LogP contribution < -0.4 is 11.2 Å². The minimum absolute atomic E-state index is 0.0554. The number of nitrogens with one attached hydrogen (secondary N) is 1. The highest BCUT2D eigenvalue weighted by Crippen LogP contribution is 2.39.